The van der Waals surface area contributed by atoms with Crippen molar-refractivity contribution in [2.24, 2.45) is 0 Å². The van der Waals surface area contributed by atoms with E-state index < -0.39 is 5.97 Å². The lowest BCUT2D eigenvalue weighted by molar-refractivity contribution is -0.144. The largest absolute Gasteiger partial charge is 0.480 e. The van der Waals surface area contributed by atoms with Crippen LogP contribution >= 0.6 is 11.3 Å². The van der Waals surface area contributed by atoms with Crippen LogP contribution in [0.5, 0.6) is 0 Å². The Bertz CT molecular complexity index is 574. The van der Waals surface area contributed by atoms with Crippen LogP contribution in [0, 0.1) is 13.8 Å². The van der Waals surface area contributed by atoms with Crippen molar-refractivity contribution in [1.29, 1.82) is 0 Å². The monoisotopic (exact) mass is 309 g/mol. The van der Waals surface area contributed by atoms with E-state index in [1.165, 1.54) is 4.90 Å². The fourth-order valence-corrected chi connectivity index (χ4v) is 3.30. The highest BCUT2D eigenvalue weighted by molar-refractivity contribution is 7.12. The second-order valence-corrected chi connectivity index (χ2v) is 6.86. The minimum Gasteiger partial charge on any atom is -0.480 e. The summed E-state index contributed by atoms with van der Waals surface area (Å²) in [6.45, 7) is 3.57. The number of hydrogen-bond acceptors (Lipinski definition) is 4. The predicted molar refractivity (Wildman–Crippen MR) is 79.7 cm³/mol. The molecule has 0 spiro atoms. The molecule has 1 aromatic rings. The number of carbonyl (C=O) groups excluding carboxylic acids is 2. The van der Waals surface area contributed by atoms with Gasteiger partial charge < -0.3 is 10.0 Å². The molecule has 0 aliphatic heterocycles. The van der Waals surface area contributed by atoms with Gasteiger partial charge >= 0.3 is 5.97 Å². The predicted octanol–water partition coefficient (Wildman–Crippen LogP) is 2.40. The van der Waals surface area contributed by atoms with Gasteiger partial charge in [0.1, 0.15) is 6.54 Å². The van der Waals surface area contributed by atoms with E-state index in [-0.39, 0.29) is 37.1 Å². The number of carboxylic acids is 1. The standard InChI is InChI=1S/C15H19NO4S/c1-9-7-12(10(2)21-9)13(17)5-6-14(18)16(8-15(19)20)11-3-4-11/h7,11H,3-6,8H2,1-2H3,(H,19,20). The summed E-state index contributed by atoms with van der Waals surface area (Å²) in [6, 6.07) is 1.90. The van der Waals surface area contributed by atoms with Crippen LogP contribution in [-0.2, 0) is 9.59 Å². The number of ketones is 1. The molecule has 1 aliphatic carbocycles. The molecule has 1 saturated carbocycles. The minimum atomic E-state index is -1.01. The van der Waals surface area contributed by atoms with Crippen molar-refractivity contribution in [1.82, 2.24) is 4.90 Å². The molecule has 0 aromatic carbocycles. The highest BCUT2D eigenvalue weighted by Gasteiger charge is 2.33. The highest BCUT2D eigenvalue weighted by Crippen LogP contribution is 2.28. The summed E-state index contributed by atoms with van der Waals surface area (Å²) in [5, 5.41) is 8.84. The van der Waals surface area contributed by atoms with Gasteiger partial charge in [-0.05, 0) is 32.8 Å². The number of thiophene rings is 1. The Kier molecular flexibility index (Phi) is 4.77. The molecule has 6 heteroatoms. The summed E-state index contributed by atoms with van der Waals surface area (Å²) in [6.07, 6.45) is 1.93. The minimum absolute atomic E-state index is 0.0451. The van der Waals surface area contributed by atoms with Crippen LogP contribution in [0.1, 0.15) is 45.8 Å². The summed E-state index contributed by atoms with van der Waals surface area (Å²) in [5.74, 6) is -1.29. The van der Waals surface area contributed by atoms with Gasteiger partial charge in [-0.15, -0.1) is 11.3 Å². The maximum Gasteiger partial charge on any atom is 0.323 e. The molecule has 1 N–H and O–H groups in total. The molecule has 1 amide bonds. The van der Waals surface area contributed by atoms with Gasteiger partial charge in [0.15, 0.2) is 5.78 Å². The van der Waals surface area contributed by atoms with E-state index in [0.717, 1.165) is 22.6 Å². The van der Waals surface area contributed by atoms with Crippen molar-refractivity contribution in [3.05, 3.63) is 21.4 Å². The first-order valence-electron chi connectivity index (χ1n) is 7.00. The highest BCUT2D eigenvalue weighted by atomic mass is 32.1. The molecule has 5 nitrogen and oxygen atoms in total. The van der Waals surface area contributed by atoms with Gasteiger partial charge in [0.25, 0.3) is 0 Å². The number of hydrogen-bond donors (Lipinski definition) is 1. The van der Waals surface area contributed by atoms with Gasteiger partial charge in [-0.25, -0.2) is 0 Å². The van der Waals surface area contributed by atoms with Crippen molar-refractivity contribution in [3.8, 4) is 0 Å². The van der Waals surface area contributed by atoms with Gasteiger partial charge in [-0.2, -0.15) is 0 Å². The molecule has 1 aromatic heterocycles. The molecular weight excluding hydrogens is 290 g/mol. The number of rotatable bonds is 7. The molecule has 114 valence electrons. The SMILES string of the molecule is Cc1cc(C(=O)CCC(=O)N(CC(=O)O)C2CC2)c(C)s1. The van der Waals surface area contributed by atoms with Gasteiger partial charge in [0.05, 0.1) is 0 Å². The van der Waals surface area contributed by atoms with E-state index in [0.29, 0.717) is 5.56 Å². The first kappa shape index (κ1) is 15.7. The molecule has 21 heavy (non-hydrogen) atoms. The molecule has 0 atom stereocenters. The summed E-state index contributed by atoms with van der Waals surface area (Å²) in [7, 11) is 0. The average Bonchev–Trinajstić information content (AvgIpc) is 3.18. The van der Waals surface area contributed by atoms with Gasteiger partial charge in [-0.1, -0.05) is 0 Å². The molecule has 0 bridgehead atoms. The first-order chi connectivity index (χ1) is 9.88. The smallest absolute Gasteiger partial charge is 0.323 e. The molecule has 1 aliphatic rings. The van der Waals surface area contributed by atoms with Gasteiger partial charge in [-0.3, -0.25) is 14.4 Å². The van der Waals surface area contributed by atoms with Crippen molar-refractivity contribution >= 4 is 29.0 Å². The van der Waals surface area contributed by atoms with Crippen LogP contribution in [0.3, 0.4) is 0 Å². The summed E-state index contributed by atoms with van der Waals surface area (Å²) >= 11 is 1.57. The second-order valence-electron chi connectivity index (χ2n) is 5.40. The van der Waals surface area contributed by atoms with Crippen LogP contribution < -0.4 is 0 Å². The Balaban J connectivity index is 1.92. The fourth-order valence-electron chi connectivity index (χ4n) is 2.36. The Hall–Kier alpha value is -1.69. The molecule has 1 heterocycles. The molecular formula is C15H19NO4S. The molecule has 0 unspecified atom stereocenters. The first-order valence-corrected chi connectivity index (χ1v) is 7.81. The lowest BCUT2D eigenvalue weighted by Gasteiger charge is -2.19. The van der Waals surface area contributed by atoms with Gasteiger partial charge in [0.2, 0.25) is 5.91 Å². The van der Waals surface area contributed by atoms with Crippen LogP contribution in [0.25, 0.3) is 0 Å². The van der Waals surface area contributed by atoms with Gasteiger partial charge in [0, 0.05) is 34.2 Å². The number of carboxylic acid groups (broad SMARTS) is 1. The third kappa shape index (κ3) is 4.14. The summed E-state index contributed by atoms with van der Waals surface area (Å²) in [5.41, 5.74) is 0.682. The Morgan fingerprint density at radius 2 is 1.95 bits per heavy atom. The summed E-state index contributed by atoms with van der Waals surface area (Å²) in [4.78, 5) is 38.5. The third-order valence-electron chi connectivity index (χ3n) is 3.52. The van der Waals surface area contributed by atoms with Crippen molar-refractivity contribution in [2.45, 2.75) is 45.6 Å². The fraction of sp³-hybridized carbons (Fsp3) is 0.533. The topological polar surface area (TPSA) is 74.7 Å². The molecule has 2 rings (SSSR count). The number of nitrogens with zero attached hydrogens (tertiary/aromatic N) is 1. The zero-order valence-corrected chi connectivity index (χ0v) is 13.0. The quantitative estimate of drug-likeness (QED) is 0.785. The third-order valence-corrected chi connectivity index (χ3v) is 4.49. The van der Waals surface area contributed by atoms with Crippen molar-refractivity contribution in [2.75, 3.05) is 6.54 Å². The average molecular weight is 309 g/mol. The molecule has 0 saturated heterocycles. The van der Waals surface area contributed by atoms with E-state index in [1.54, 1.807) is 11.3 Å². The van der Waals surface area contributed by atoms with Crippen LogP contribution in [0.4, 0.5) is 0 Å². The van der Waals surface area contributed by atoms with E-state index in [1.807, 2.05) is 19.9 Å². The van der Waals surface area contributed by atoms with E-state index in [4.69, 9.17) is 5.11 Å². The lowest BCUT2D eigenvalue weighted by Crippen LogP contribution is -2.37. The molecule has 0 radical (unpaired) electrons. The van der Waals surface area contributed by atoms with Crippen LogP contribution in [0.2, 0.25) is 0 Å². The number of aryl methyl sites for hydroxylation is 2. The van der Waals surface area contributed by atoms with E-state index in [2.05, 4.69) is 0 Å². The van der Waals surface area contributed by atoms with Crippen molar-refractivity contribution in [3.63, 3.8) is 0 Å². The van der Waals surface area contributed by atoms with Crippen molar-refractivity contribution < 1.29 is 19.5 Å². The number of Topliss-reactive ketones (excluding diaryl/α,β-unsaturated/α-hetero) is 1. The summed E-state index contributed by atoms with van der Waals surface area (Å²) < 4.78 is 0. The lowest BCUT2D eigenvalue weighted by atomic mass is 10.1. The maximum atomic E-state index is 12.1. The zero-order valence-electron chi connectivity index (χ0n) is 12.2. The number of amides is 1. The molecule has 1 fully saturated rings. The second kappa shape index (κ2) is 6.39. The van der Waals surface area contributed by atoms with E-state index in [9.17, 15) is 14.4 Å². The number of carbonyl (C=O) groups is 3. The Morgan fingerprint density at radius 3 is 2.43 bits per heavy atom. The normalized spacial score (nSPS) is 14.0. The van der Waals surface area contributed by atoms with Crippen LogP contribution in [0.15, 0.2) is 6.07 Å². The zero-order chi connectivity index (χ0) is 15.6. The Labute approximate surface area is 127 Å². The maximum absolute atomic E-state index is 12.1. The Morgan fingerprint density at radius 1 is 1.29 bits per heavy atom. The van der Waals surface area contributed by atoms with Crippen LogP contribution in [-0.4, -0.2) is 40.3 Å². The van der Waals surface area contributed by atoms with E-state index >= 15 is 0 Å². The number of aliphatic carboxylic acids is 1.